The van der Waals surface area contributed by atoms with Crippen LogP contribution in [0.2, 0.25) is 0 Å². The fraction of sp³-hybridized carbons (Fsp3) is 0.278. The number of rotatable bonds is 6. The van der Waals surface area contributed by atoms with E-state index in [1.807, 2.05) is 0 Å². The number of benzene rings is 1. The molecule has 0 fully saturated rings. The average Bonchev–Trinajstić information content (AvgIpc) is 3.11. The highest BCUT2D eigenvalue weighted by Gasteiger charge is 2.34. The summed E-state index contributed by atoms with van der Waals surface area (Å²) in [6.45, 7) is 2.29. The van der Waals surface area contributed by atoms with E-state index in [4.69, 9.17) is 9.15 Å². The molecule has 1 aromatic carbocycles. The lowest BCUT2D eigenvalue weighted by atomic mass is 10.1. The van der Waals surface area contributed by atoms with Crippen LogP contribution in [0.5, 0.6) is 0 Å². The van der Waals surface area contributed by atoms with E-state index in [1.165, 1.54) is 11.2 Å². The van der Waals surface area contributed by atoms with E-state index in [0.29, 0.717) is 30.5 Å². The summed E-state index contributed by atoms with van der Waals surface area (Å²) < 4.78 is 10.2. The van der Waals surface area contributed by atoms with Crippen molar-refractivity contribution in [2.45, 2.75) is 19.8 Å². The van der Waals surface area contributed by atoms with Crippen LogP contribution in [0.25, 0.3) is 0 Å². The molecular formula is C18H17NO5. The molecule has 124 valence electrons. The summed E-state index contributed by atoms with van der Waals surface area (Å²) in [5.41, 5.74) is 1.62. The summed E-state index contributed by atoms with van der Waals surface area (Å²) in [5.74, 6) is -0.828. The number of esters is 1. The van der Waals surface area contributed by atoms with Crippen LogP contribution >= 0.6 is 0 Å². The van der Waals surface area contributed by atoms with Crippen molar-refractivity contribution >= 4 is 17.8 Å². The molecule has 1 aliphatic heterocycles. The number of carbonyl (C=O) groups excluding carboxylic acids is 3. The SMILES string of the molecule is Cc1ccoc1C(=O)OCCCCN1C(=O)c2ccccc2C1=O. The Balaban J connectivity index is 1.45. The topological polar surface area (TPSA) is 76.8 Å². The highest BCUT2D eigenvalue weighted by Crippen LogP contribution is 2.22. The fourth-order valence-corrected chi connectivity index (χ4v) is 2.63. The zero-order valence-electron chi connectivity index (χ0n) is 13.3. The summed E-state index contributed by atoms with van der Waals surface area (Å²) in [5, 5.41) is 0. The van der Waals surface area contributed by atoms with E-state index in [1.54, 1.807) is 37.3 Å². The van der Waals surface area contributed by atoms with Crippen LogP contribution in [0.15, 0.2) is 41.0 Å². The van der Waals surface area contributed by atoms with Crippen LogP contribution in [0.3, 0.4) is 0 Å². The number of hydrogen-bond donors (Lipinski definition) is 0. The van der Waals surface area contributed by atoms with Crippen molar-refractivity contribution in [3.8, 4) is 0 Å². The van der Waals surface area contributed by atoms with Gasteiger partial charge in [0.25, 0.3) is 11.8 Å². The molecule has 0 unspecified atom stereocenters. The summed E-state index contributed by atoms with van der Waals surface area (Å²) in [6, 6.07) is 8.48. The molecule has 0 N–H and O–H groups in total. The quantitative estimate of drug-likeness (QED) is 0.463. The maximum Gasteiger partial charge on any atom is 0.374 e. The zero-order valence-corrected chi connectivity index (χ0v) is 13.3. The summed E-state index contributed by atoms with van der Waals surface area (Å²) in [4.78, 5) is 37.4. The van der Waals surface area contributed by atoms with Gasteiger partial charge in [-0.05, 0) is 38.0 Å². The van der Waals surface area contributed by atoms with Gasteiger partial charge in [0.15, 0.2) is 0 Å². The van der Waals surface area contributed by atoms with Crippen LogP contribution in [-0.4, -0.2) is 35.8 Å². The van der Waals surface area contributed by atoms with E-state index >= 15 is 0 Å². The van der Waals surface area contributed by atoms with Crippen LogP contribution in [-0.2, 0) is 4.74 Å². The number of unbranched alkanes of at least 4 members (excludes halogenated alkanes) is 1. The Morgan fingerprint density at radius 3 is 2.33 bits per heavy atom. The minimum Gasteiger partial charge on any atom is -0.460 e. The molecule has 3 rings (SSSR count). The number of furan rings is 1. The smallest absolute Gasteiger partial charge is 0.374 e. The number of fused-ring (bicyclic) bond motifs is 1. The van der Waals surface area contributed by atoms with Crippen molar-refractivity contribution < 1.29 is 23.5 Å². The Morgan fingerprint density at radius 2 is 1.75 bits per heavy atom. The van der Waals surface area contributed by atoms with Gasteiger partial charge in [-0.25, -0.2) is 4.79 Å². The first kappa shape index (κ1) is 16.0. The second-order valence-corrected chi connectivity index (χ2v) is 5.58. The molecule has 0 saturated heterocycles. The van der Waals surface area contributed by atoms with Gasteiger partial charge in [0.1, 0.15) is 0 Å². The third kappa shape index (κ3) is 2.95. The fourth-order valence-electron chi connectivity index (χ4n) is 2.63. The Hall–Kier alpha value is -2.89. The van der Waals surface area contributed by atoms with Crippen LogP contribution in [0.4, 0.5) is 0 Å². The molecule has 6 nitrogen and oxygen atoms in total. The van der Waals surface area contributed by atoms with E-state index < -0.39 is 5.97 Å². The maximum absolute atomic E-state index is 12.2. The highest BCUT2D eigenvalue weighted by molar-refractivity contribution is 6.21. The predicted octanol–water partition coefficient (Wildman–Crippen LogP) is 2.82. The molecule has 2 heterocycles. The van der Waals surface area contributed by atoms with Crippen molar-refractivity contribution in [3.63, 3.8) is 0 Å². The molecule has 2 aromatic rings. The average molecular weight is 327 g/mol. The van der Waals surface area contributed by atoms with Gasteiger partial charge in [-0.15, -0.1) is 0 Å². The number of aryl methyl sites for hydroxylation is 1. The van der Waals surface area contributed by atoms with Crippen molar-refractivity contribution in [1.29, 1.82) is 0 Å². The second-order valence-electron chi connectivity index (χ2n) is 5.58. The molecule has 1 aliphatic rings. The van der Waals surface area contributed by atoms with Crippen molar-refractivity contribution in [3.05, 3.63) is 59.0 Å². The molecule has 0 bridgehead atoms. The Bertz CT molecular complexity index is 757. The monoisotopic (exact) mass is 327 g/mol. The molecule has 0 aliphatic carbocycles. The number of hydrogen-bond acceptors (Lipinski definition) is 5. The normalized spacial score (nSPS) is 13.3. The zero-order chi connectivity index (χ0) is 17.1. The number of amides is 2. The van der Waals surface area contributed by atoms with Gasteiger partial charge in [-0.1, -0.05) is 12.1 Å². The molecular weight excluding hydrogens is 310 g/mol. The molecule has 0 saturated carbocycles. The minimum atomic E-state index is -0.502. The van der Waals surface area contributed by atoms with Crippen molar-refractivity contribution in [2.24, 2.45) is 0 Å². The third-order valence-corrected chi connectivity index (χ3v) is 3.93. The molecule has 0 radical (unpaired) electrons. The molecule has 1 aromatic heterocycles. The molecule has 2 amide bonds. The lowest BCUT2D eigenvalue weighted by Crippen LogP contribution is -2.30. The summed E-state index contributed by atoms with van der Waals surface area (Å²) in [6.07, 6.45) is 2.56. The Labute approximate surface area is 139 Å². The van der Waals surface area contributed by atoms with Gasteiger partial charge in [0.05, 0.1) is 24.0 Å². The lowest BCUT2D eigenvalue weighted by Gasteiger charge is -2.13. The maximum atomic E-state index is 12.2. The largest absolute Gasteiger partial charge is 0.460 e. The van der Waals surface area contributed by atoms with Gasteiger partial charge in [-0.3, -0.25) is 14.5 Å². The number of imide groups is 1. The molecule has 0 spiro atoms. The van der Waals surface area contributed by atoms with E-state index in [2.05, 4.69) is 0 Å². The standard InChI is InChI=1S/C18H17NO5/c1-12-8-11-23-15(12)18(22)24-10-5-4-9-19-16(20)13-6-2-3-7-14(13)17(19)21/h2-3,6-8,11H,4-5,9-10H2,1H3. The number of ether oxygens (including phenoxy) is 1. The highest BCUT2D eigenvalue weighted by atomic mass is 16.5. The van der Waals surface area contributed by atoms with Crippen LogP contribution in [0.1, 0.15) is 49.7 Å². The lowest BCUT2D eigenvalue weighted by molar-refractivity contribution is 0.0450. The van der Waals surface area contributed by atoms with Gasteiger partial charge in [-0.2, -0.15) is 0 Å². The van der Waals surface area contributed by atoms with Crippen LogP contribution < -0.4 is 0 Å². The molecule has 6 heteroatoms. The molecule has 24 heavy (non-hydrogen) atoms. The van der Waals surface area contributed by atoms with Crippen LogP contribution in [0, 0.1) is 6.92 Å². The van der Waals surface area contributed by atoms with E-state index in [-0.39, 0.29) is 24.2 Å². The Kier molecular flexibility index (Phi) is 4.46. The van der Waals surface area contributed by atoms with E-state index in [9.17, 15) is 14.4 Å². The summed E-state index contributed by atoms with van der Waals surface area (Å²) in [7, 11) is 0. The first-order valence-corrected chi connectivity index (χ1v) is 7.76. The third-order valence-electron chi connectivity index (χ3n) is 3.93. The van der Waals surface area contributed by atoms with Gasteiger partial charge in [0.2, 0.25) is 5.76 Å². The van der Waals surface area contributed by atoms with Crippen molar-refractivity contribution in [1.82, 2.24) is 4.90 Å². The molecule has 0 atom stereocenters. The predicted molar refractivity (Wildman–Crippen MR) is 84.8 cm³/mol. The minimum absolute atomic E-state index is 0.204. The van der Waals surface area contributed by atoms with Gasteiger partial charge in [0, 0.05) is 12.1 Å². The van der Waals surface area contributed by atoms with Crippen molar-refractivity contribution in [2.75, 3.05) is 13.2 Å². The first-order chi connectivity index (χ1) is 11.6. The summed E-state index contributed by atoms with van der Waals surface area (Å²) >= 11 is 0. The second kappa shape index (κ2) is 6.70. The van der Waals surface area contributed by atoms with Gasteiger partial charge < -0.3 is 9.15 Å². The first-order valence-electron chi connectivity index (χ1n) is 7.76. The number of nitrogens with zero attached hydrogens (tertiary/aromatic N) is 1. The van der Waals surface area contributed by atoms with Gasteiger partial charge >= 0.3 is 5.97 Å². The Morgan fingerprint density at radius 1 is 1.08 bits per heavy atom. The number of carbonyl (C=O) groups is 3. The van der Waals surface area contributed by atoms with E-state index in [0.717, 1.165) is 5.56 Å².